The third-order valence-electron chi connectivity index (χ3n) is 3.71. The van der Waals surface area contributed by atoms with E-state index in [1.54, 1.807) is 22.4 Å². The van der Waals surface area contributed by atoms with Gasteiger partial charge >= 0.3 is 0 Å². The Morgan fingerprint density at radius 2 is 2.32 bits per heavy atom. The van der Waals surface area contributed by atoms with Crippen LogP contribution in [0.3, 0.4) is 0 Å². The molecule has 2 heterocycles. The lowest BCUT2D eigenvalue weighted by atomic mass is 10.1. The van der Waals surface area contributed by atoms with Gasteiger partial charge in [0.05, 0.1) is 6.04 Å². The number of aromatic nitrogens is 2. The molecule has 5 nitrogen and oxygen atoms in total. The predicted molar refractivity (Wildman–Crippen MR) is 89.3 cm³/mol. The number of rotatable bonds is 7. The van der Waals surface area contributed by atoms with Crippen LogP contribution in [0.1, 0.15) is 51.8 Å². The molecule has 122 valence electrons. The summed E-state index contributed by atoms with van der Waals surface area (Å²) in [6, 6.07) is 1.54. The Balaban J connectivity index is 2.00. The minimum atomic E-state index is -0.0743. The fourth-order valence-electron chi connectivity index (χ4n) is 2.52. The number of thioether (sulfide) groups is 1. The number of amides is 1. The van der Waals surface area contributed by atoms with Crippen molar-refractivity contribution in [3.05, 3.63) is 22.1 Å². The lowest BCUT2D eigenvalue weighted by Gasteiger charge is -2.14. The van der Waals surface area contributed by atoms with Gasteiger partial charge < -0.3 is 5.32 Å². The summed E-state index contributed by atoms with van der Waals surface area (Å²) in [5.74, 6) is 1.34. The Morgan fingerprint density at radius 1 is 1.55 bits per heavy atom. The van der Waals surface area contributed by atoms with Crippen LogP contribution in [0.15, 0.2) is 16.0 Å². The van der Waals surface area contributed by atoms with Gasteiger partial charge in [0, 0.05) is 30.5 Å². The van der Waals surface area contributed by atoms with Gasteiger partial charge in [-0.15, -0.1) is 0 Å². The monoisotopic (exact) mass is 323 g/mol. The van der Waals surface area contributed by atoms with Crippen LogP contribution in [0.5, 0.6) is 0 Å². The van der Waals surface area contributed by atoms with Gasteiger partial charge in [0.2, 0.25) is 5.91 Å². The Kier molecular flexibility index (Phi) is 6.06. The van der Waals surface area contributed by atoms with Gasteiger partial charge in [-0.2, -0.15) is 0 Å². The van der Waals surface area contributed by atoms with Gasteiger partial charge in [0.15, 0.2) is 5.16 Å². The largest absolute Gasteiger partial charge is 0.356 e. The SMILES string of the molecule is CCCc1cc(=O)n2c(n1)SCC2CC(=O)NCCC(C)C. The fourth-order valence-corrected chi connectivity index (χ4v) is 3.69. The Labute approximate surface area is 135 Å². The van der Waals surface area contributed by atoms with E-state index in [-0.39, 0.29) is 17.5 Å². The maximum atomic E-state index is 12.3. The van der Waals surface area contributed by atoms with E-state index in [2.05, 4.69) is 31.1 Å². The number of hydrogen-bond acceptors (Lipinski definition) is 4. The van der Waals surface area contributed by atoms with Gasteiger partial charge in [-0.25, -0.2) is 4.98 Å². The number of carbonyl (C=O) groups is 1. The predicted octanol–water partition coefficient (Wildman–Crippen LogP) is 2.40. The lowest BCUT2D eigenvalue weighted by molar-refractivity contribution is -0.121. The molecule has 0 fully saturated rings. The smallest absolute Gasteiger partial charge is 0.254 e. The first-order chi connectivity index (χ1) is 10.5. The van der Waals surface area contributed by atoms with Crippen molar-refractivity contribution in [2.45, 2.75) is 57.7 Å². The van der Waals surface area contributed by atoms with Gasteiger partial charge in [-0.1, -0.05) is 39.0 Å². The van der Waals surface area contributed by atoms with Gasteiger partial charge in [0.25, 0.3) is 5.56 Å². The van der Waals surface area contributed by atoms with E-state index in [9.17, 15) is 9.59 Å². The Hall–Kier alpha value is -1.30. The van der Waals surface area contributed by atoms with Crippen LogP contribution in [0.25, 0.3) is 0 Å². The number of hydrogen-bond donors (Lipinski definition) is 1. The van der Waals surface area contributed by atoms with E-state index in [0.717, 1.165) is 35.9 Å². The maximum Gasteiger partial charge on any atom is 0.254 e. The zero-order valence-corrected chi connectivity index (χ0v) is 14.4. The second-order valence-corrected chi connectivity index (χ2v) is 7.18. The van der Waals surface area contributed by atoms with E-state index < -0.39 is 0 Å². The molecule has 6 heteroatoms. The highest BCUT2D eigenvalue weighted by Crippen LogP contribution is 2.32. The highest BCUT2D eigenvalue weighted by atomic mass is 32.2. The maximum absolute atomic E-state index is 12.3. The van der Waals surface area contributed by atoms with Crippen molar-refractivity contribution < 1.29 is 4.79 Å². The molecule has 0 spiro atoms. The summed E-state index contributed by atoms with van der Waals surface area (Å²) in [6.07, 6.45) is 3.13. The summed E-state index contributed by atoms with van der Waals surface area (Å²) in [6.45, 7) is 7.04. The summed E-state index contributed by atoms with van der Waals surface area (Å²) in [4.78, 5) is 28.8. The number of aryl methyl sites for hydroxylation is 1. The average molecular weight is 323 g/mol. The van der Waals surface area contributed by atoms with Crippen molar-refractivity contribution >= 4 is 17.7 Å². The van der Waals surface area contributed by atoms with E-state index in [1.807, 2.05) is 0 Å². The second-order valence-electron chi connectivity index (χ2n) is 6.19. The molecule has 1 aromatic heterocycles. The van der Waals surface area contributed by atoms with Crippen molar-refractivity contribution in [1.29, 1.82) is 0 Å². The first-order valence-corrected chi connectivity index (χ1v) is 9.01. The molecule has 1 amide bonds. The average Bonchev–Trinajstić information content (AvgIpc) is 2.82. The molecule has 0 radical (unpaired) electrons. The molecule has 1 unspecified atom stereocenters. The van der Waals surface area contributed by atoms with Crippen LogP contribution in [0.2, 0.25) is 0 Å². The van der Waals surface area contributed by atoms with Gasteiger partial charge in [0.1, 0.15) is 0 Å². The first-order valence-electron chi connectivity index (χ1n) is 8.03. The molecule has 0 bridgehead atoms. The van der Waals surface area contributed by atoms with Crippen LogP contribution in [0.4, 0.5) is 0 Å². The van der Waals surface area contributed by atoms with E-state index >= 15 is 0 Å². The third-order valence-corrected chi connectivity index (χ3v) is 4.81. The molecule has 0 saturated heterocycles. The van der Waals surface area contributed by atoms with E-state index in [4.69, 9.17) is 0 Å². The normalized spacial score (nSPS) is 16.8. The van der Waals surface area contributed by atoms with Crippen LogP contribution < -0.4 is 10.9 Å². The zero-order chi connectivity index (χ0) is 16.1. The lowest BCUT2D eigenvalue weighted by Crippen LogP contribution is -2.31. The number of fused-ring (bicyclic) bond motifs is 1. The summed E-state index contributed by atoms with van der Waals surface area (Å²) in [5.41, 5.74) is 0.826. The van der Waals surface area contributed by atoms with E-state index in [1.165, 1.54) is 0 Å². The fraction of sp³-hybridized carbons (Fsp3) is 0.688. The molecule has 0 saturated carbocycles. The summed E-state index contributed by atoms with van der Waals surface area (Å²) >= 11 is 1.57. The van der Waals surface area contributed by atoms with Crippen molar-refractivity contribution in [1.82, 2.24) is 14.9 Å². The van der Waals surface area contributed by atoms with Crippen molar-refractivity contribution in [2.75, 3.05) is 12.3 Å². The number of carbonyl (C=O) groups excluding carboxylic acids is 1. The molecule has 22 heavy (non-hydrogen) atoms. The zero-order valence-electron chi connectivity index (χ0n) is 13.6. The third kappa shape index (κ3) is 4.35. The van der Waals surface area contributed by atoms with Crippen LogP contribution in [-0.4, -0.2) is 27.8 Å². The quantitative estimate of drug-likeness (QED) is 0.783. The van der Waals surface area contributed by atoms with Crippen LogP contribution >= 0.6 is 11.8 Å². The van der Waals surface area contributed by atoms with Crippen molar-refractivity contribution in [3.63, 3.8) is 0 Å². The first kappa shape index (κ1) is 17.1. The molecule has 1 N–H and O–H groups in total. The van der Waals surface area contributed by atoms with E-state index in [0.29, 0.717) is 18.9 Å². The highest BCUT2D eigenvalue weighted by Gasteiger charge is 2.27. The van der Waals surface area contributed by atoms with Crippen LogP contribution in [-0.2, 0) is 11.2 Å². The number of nitrogens with one attached hydrogen (secondary N) is 1. The van der Waals surface area contributed by atoms with Crippen molar-refractivity contribution in [3.8, 4) is 0 Å². The Bertz CT molecular complexity index is 583. The molecule has 0 aromatic carbocycles. The minimum Gasteiger partial charge on any atom is -0.356 e. The molecule has 1 atom stereocenters. The van der Waals surface area contributed by atoms with Gasteiger partial charge in [-0.05, 0) is 18.8 Å². The molecule has 1 aliphatic heterocycles. The highest BCUT2D eigenvalue weighted by molar-refractivity contribution is 7.99. The second kappa shape index (κ2) is 7.81. The Morgan fingerprint density at radius 3 is 3.00 bits per heavy atom. The van der Waals surface area contributed by atoms with Crippen molar-refractivity contribution in [2.24, 2.45) is 5.92 Å². The molecular weight excluding hydrogens is 298 g/mol. The van der Waals surface area contributed by atoms with Crippen LogP contribution in [0, 0.1) is 5.92 Å². The minimum absolute atomic E-state index is 0.0173. The van der Waals surface area contributed by atoms with Gasteiger partial charge in [-0.3, -0.25) is 14.2 Å². The molecule has 1 aliphatic rings. The standard InChI is InChI=1S/C16H25N3O2S/c1-4-5-12-8-15(21)19-13(10-22-16(19)18-12)9-14(20)17-7-6-11(2)3/h8,11,13H,4-7,9-10H2,1-3H3,(H,17,20). The molecule has 2 rings (SSSR count). The number of nitrogens with zero attached hydrogens (tertiary/aromatic N) is 2. The summed E-state index contributed by atoms with van der Waals surface area (Å²) < 4.78 is 1.69. The molecular formula is C16H25N3O2S. The molecule has 1 aromatic rings. The summed E-state index contributed by atoms with van der Waals surface area (Å²) in [5, 5.41) is 3.70. The molecule has 0 aliphatic carbocycles. The summed E-state index contributed by atoms with van der Waals surface area (Å²) in [7, 11) is 0. The topological polar surface area (TPSA) is 64.0 Å².